The van der Waals surface area contributed by atoms with Crippen molar-refractivity contribution in [3.63, 3.8) is 0 Å². The van der Waals surface area contributed by atoms with Gasteiger partial charge in [-0.3, -0.25) is 0 Å². The first kappa shape index (κ1) is 13.8. The summed E-state index contributed by atoms with van der Waals surface area (Å²) in [5.74, 6) is -0.368. The molecule has 2 heterocycles. The third-order valence-corrected chi connectivity index (χ3v) is 3.73. The monoisotopic (exact) mass is 279 g/mol. The van der Waals surface area contributed by atoms with Gasteiger partial charge in [-0.15, -0.1) is 0 Å². The summed E-state index contributed by atoms with van der Waals surface area (Å²) in [6.07, 6.45) is 0.964. The second kappa shape index (κ2) is 6.04. The number of hydrogen-bond donors (Lipinski definition) is 2. The second-order valence-corrected chi connectivity index (χ2v) is 5.39. The lowest BCUT2D eigenvalue weighted by molar-refractivity contribution is 0.0661. The van der Waals surface area contributed by atoms with Crippen LogP contribution >= 0.6 is 11.3 Å². The van der Waals surface area contributed by atoms with Crippen molar-refractivity contribution < 1.29 is 14.3 Å². The Morgan fingerprint density at radius 3 is 2.95 bits per heavy atom. The summed E-state index contributed by atoms with van der Waals surface area (Å²) in [4.78, 5) is 10.8. The fourth-order valence-electron chi connectivity index (χ4n) is 1.92. The first-order valence-electron chi connectivity index (χ1n) is 6.13. The van der Waals surface area contributed by atoms with E-state index < -0.39 is 5.97 Å². The van der Waals surface area contributed by atoms with Crippen molar-refractivity contribution in [2.45, 2.75) is 32.9 Å². The number of aryl methyl sites for hydroxylation is 1. The van der Waals surface area contributed by atoms with Gasteiger partial charge in [-0.25, -0.2) is 4.79 Å². The molecule has 2 aromatic rings. The zero-order valence-corrected chi connectivity index (χ0v) is 11.8. The number of nitrogens with one attached hydrogen (secondary N) is 1. The molecule has 1 atom stereocenters. The van der Waals surface area contributed by atoms with E-state index in [1.807, 2.05) is 0 Å². The Morgan fingerprint density at radius 2 is 2.37 bits per heavy atom. The molecule has 5 heteroatoms. The molecule has 1 unspecified atom stereocenters. The van der Waals surface area contributed by atoms with Gasteiger partial charge in [-0.2, -0.15) is 11.3 Å². The van der Waals surface area contributed by atoms with Crippen LogP contribution in [0.3, 0.4) is 0 Å². The van der Waals surface area contributed by atoms with Gasteiger partial charge in [-0.1, -0.05) is 0 Å². The van der Waals surface area contributed by atoms with Crippen molar-refractivity contribution in [3.05, 3.63) is 45.5 Å². The van der Waals surface area contributed by atoms with Gasteiger partial charge in [0.1, 0.15) is 5.76 Å². The number of hydrogen-bond acceptors (Lipinski definition) is 4. The number of thiophene rings is 1. The van der Waals surface area contributed by atoms with E-state index in [1.165, 1.54) is 5.56 Å². The first-order valence-corrected chi connectivity index (χ1v) is 7.07. The molecular formula is C14H17NO3S. The van der Waals surface area contributed by atoms with Gasteiger partial charge in [0.05, 0.1) is 0 Å². The smallest absolute Gasteiger partial charge is 0.371 e. The normalized spacial score (nSPS) is 12.5. The van der Waals surface area contributed by atoms with E-state index in [0.29, 0.717) is 18.3 Å². The van der Waals surface area contributed by atoms with E-state index in [0.717, 1.165) is 12.0 Å². The van der Waals surface area contributed by atoms with Crippen LogP contribution < -0.4 is 5.32 Å². The van der Waals surface area contributed by atoms with E-state index >= 15 is 0 Å². The Morgan fingerprint density at radius 1 is 1.58 bits per heavy atom. The second-order valence-electron chi connectivity index (χ2n) is 4.61. The molecule has 102 valence electrons. The van der Waals surface area contributed by atoms with Crippen molar-refractivity contribution in [1.82, 2.24) is 5.32 Å². The summed E-state index contributed by atoms with van der Waals surface area (Å²) in [6, 6.07) is 4.04. The molecule has 2 aromatic heterocycles. The zero-order chi connectivity index (χ0) is 13.8. The molecule has 0 aliphatic carbocycles. The van der Waals surface area contributed by atoms with Crippen LogP contribution in [0.4, 0.5) is 0 Å². The maximum Gasteiger partial charge on any atom is 0.371 e. The molecule has 0 radical (unpaired) electrons. The minimum Gasteiger partial charge on any atom is -0.475 e. The molecule has 0 saturated carbocycles. The highest BCUT2D eigenvalue weighted by Gasteiger charge is 2.13. The molecule has 2 N–H and O–H groups in total. The number of aromatic carboxylic acids is 1. The van der Waals surface area contributed by atoms with E-state index in [1.54, 1.807) is 24.3 Å². The third-order valence-electron chi connectivity index (χ3n) is 2.99. The maximum atomic E-state index is 10.8. The minimum absolute atomic E-state index is 0.000197. The quantitative estimate of drug-likeness (QED) is 0.853. The van der Waals surface area contributed by atoms with Crippen LogP contribution in [-0.2, 0) is 13.0 Å². The van der Waals surface area contributed by atoms with Crippen LogP contribution in [0.1, 0.15) is 34.4 Å². The van der Waals surface area contributed by atoms with Gasteiger partial charge in [0.25, 0.3) is 0 Å². The summed E-state index contributed by atoms with van der Waals surface area (Å²) in [7, 11) is 0. The molecule has 2 rings (SSSR count). The van der Waals surface area contributed by atoms with Crippen LogP contribution in [0.15, 0.2) is 27.3 Å². The summed E-state index contributed by atoms with van der Waals surface area (Å²) < 4.78 is 5.18. The lowest BCUT2D eigenvalue weighted by Gasteiger charge is -2.12. The Hall–Kier alpha value is -1.59. The molecule has 0 fully saturated rings. The van der Waals surface area contributed by atoms with Gasteiger partial charge >= 0.3 is 5.97 Å². The zero-order valence-electron chi connectivity index (χ0n) is 11.0. The van der Waals surface area contributed by atoms with Crippen LogP contribution in [0.5, 0.6) is 0 Å². The van der Waals surface area contributed by atoms with Crippen LogP contribution in [0, 0.1) is 6.92 Å². The van der Waals surface area contributed by atoms with Gasteiger partial charge in [-0.05, 0) is 48.7 Å². The highest BCUT2D eigenvalue weighted by Crippen LogP contribution is 2.15. The van der Waals surface area contributed by atoms with E-state index in [-0.39, 0.29) is 5.76 Å². The topological polar surface area (TPSA) is 62.5 Å². The fourth-order valence-corrected chi connectivity index (χ4v) is 2.60. The molecule has 0 saturated heterocycles. The summed E-state index contributed by atoms with van der Waals surface area (Å²) >= 11 is 1.70. The Kier molecular flexibility index (Phi) is 4.39. The number of carbonyl (C=O) groups is 1. The predicted molar refractivity (Wildman–Crippen MR) is 74.7 cm³/mol. The molecule has 0 amide bonds. The van der Waals surface area contributed by atoms with Crippen LogP contribution in [-0.4, -0.2) is 17.1 Å². The lowest BCUT2D eigenvalue weighted by Crippen LogP contribution is -2.27. The minimum atomic E-state index is -1.03. The average molecular weight is 279 g/mol. The van der Waals surface area contributed by atoms with Gasteiger partial charge < -0.3 is 14.8 Å². The summed E-state index contributed by atoms with van der Waals surface area (Å²) in [6.45, 7) is 4.52. The molecule has 0 spiro atoms. The highest BCUT2D eigenvalue weighted by molar-refractivity contribution is 7.07. The summed E-state index contributed by atoms with van der Waals surface area (Å²) in [5, 5.41) is 16.5. The Bertz CT molecular complexity index is 545. The van der Waals surface area contributed by atoms with Crippen LogP contribution in [0.2, 0.25) is 0 Å². The number of carboxylic acids is 1. The Balaban J connectivity index is 1.89. The molecule has 4 nitrogen and oxygen atoms in total. The van der Waals surface area contributed by atoms with E-state index in [2.05, 4.69) is 29.1 Å². The van der Waals surface area contributed by atoms with Crippen LogP contribution in [0.25, 0.3) is 0 Å². The van der Waals surface area contributed by atoms with Gasteiger partial charge in [0, 0.05) is 18.2 Å². The molecule has 0 aliphatic rings. The highest BCUT2D eigenvalue weighted by atomic mass is 32.1. The predicted octanol–water partition coefficient (Wildman–Crippen LogP) is 3.07. The van der Waals surface area contributed by atoms with Gasteiger partial charge in [0.15, 0.2) is 0 Å². The molecule has 0 aliphatic heterocycles. The number of furan rings is 1. The molecular weight excluding hydrogens is 262 g/mol. The lowest BCUT2D eigenvalue weighted by atomic mass is 10.1. The largest absolute Gasteiger partial charge is 0.475 e. The average Bonchev–Trinajstić information content (AvgIpc) is 2.96. The van der Waals surface area contributed by atoms with Crippen molar-refractivity contribution in [3.8, 4) is 0 Å². The summed E-state index contributed by atoms with van der Waals surface area (Å²) in [5.41, 5.74) is 2.22. The standard InChI is InChI=1S/C14H17NO3S/c1-9(5-11-3-4-19-8-11)15-7-12-6-13(14(16)17)18-10(12)2/h3-4,6,8-9,15H,5,7H2,1-2H3,(H,16,17). The SMILES string of the molecule is Cc1oc(C(=O)O)cc1CNC(C)Cc1ccsc1. The van der Waals surface area contributed by atoms with Crippen molar-refractivity contribution in [2.75, 3.05) is 0 Å². The van der Waals surface area contributed by atoms with Crippen molar-refractivity contribution in [2.24, 2.45) is 0 Å². The van der Waals surface area contributed by atoms with Gasteiger partial charge in [0.2, 0.25) is 5.76 Å². The van der Waals surface area contributed by atoms with Crippen molar-refractivity contribution >= 4 is 17.3 Å². The number of carboxylic acid groups (broad SMARTS) is 1. The third kappa shape index (κ3) is 3.68. The number of rotatable bonds is 6. The molecule has 0 bridgehead atoms. The molecule has 19 heavy (non-hydrogen) atoms. The maximum absolute atomic E-state index is 10.8. The Labute approximate surface area is 116 Å². The van der Waals surface area contributed by atoms with E-state index in [9.17, 15) is 4.79 Å². The first-order chi connectivity index (χ1) is 9.06. The van der Waals surface area contributed by atoms with Crippen molar-refractivity contribution in [1.29, 1.82) is 0 Å². The fraction of sp³-hybridized carbons (Fsp3) is 0.357. The van der Waals surface area contributed by atoms with E-state index in [4.69, 9.17) is 9.52 Å². The molecule has 0 aromatic carbocycles.